The zero-order chi connectivity index (χ0) is 22.9. The number of fused-ring (bicyclic) bond motifs is 1. The first-order valence-electron chi connectivity index (χ1n) is 11.3. The minimum Gasteiger partial charge on any atom is -0.361 e. The Morgan fingerprint density at radius 2 is 1.59 bits per heavy atom. The molecular formula is C29H32N2O. The Kier molecular flexibility index (Phi) is 5.92. The van der Waals surface area contributed by atoms with Gasteiger partial charge in [-0.3, -0.25) is 4.79 Å². The van der Waals surface area contributed by atoms with Crippen molar-refractivity contribution in [2.45, 2.75) is 46.1 Å². The van der Waals surface area contributed by atoms with Gasteiger partial charge in [-0.25, -0.2) is 0 Å². The van der Waals surface area contributed by atoms with Crippen LogP contribution in [0.1, 0.15) is 66.3 Å². The molecule has 4 aromatic rings. The van der Waals surface area contributed by atoms with Crippen LogP contribution in [-0.2, 0) is 5.41 Å². The SMILES string of the molecule is CCN(C(=O)c1ccc(C(C)(C)C)cc1)C(c1ccc(C)cc1)c1c[nH]c2ccccc12. The van der Waals surface area contributed by atoms with E-state index in [0.29, 0.717) is 6.54 Å². The quantitative estimate of drug-likeness (QED) is 0.367. The molecule has 1 heterocycles. The van der Waals surface area contributed by atoms with E-state index < -0.39 is 0 Å². The van der Waals surface area contributed by atoms with E-state index in [0.717, 1.165) is 27.6 Å². The zero-order valence-corrected chi connectivity index (χ0v) is 19.6. The van der Waals surface area contributed by atoms with Crippen molar-refractivity contribution in [3.05, 3.63) is 107 Å². The van der Waals surface area contributed by atoms with Crippen LogP contribution in [0.3, 0.4) is 0 Å². The van der Waals surface area contributed by atoms with Crippen LogP contribution in [0, 0.1) is 6.92 Å². The Labute approximate surface area is 191 Å². The van der Waals surface area contributed by atoms with Gasteiger partial charge in [-0.15, -0.1) is 0 Å². The van der Waals surface area contributed by atoms with Gasteiger partial charge in [-0.1, -0.05) is 80.9 Å². The summed E-state index contributed by atoms with van der Waals surface area (Å²) in [5.74, 6) is 0.0452. The van der Waals surface area contributed by atoms with Crippen molar-refractivity contribution >= 4 is 16.8 Å². The third-order valence-electron chi connectivity index (χ3n) is 6.22. The summed E-state index contributed by atoms with van der Waals surface area (Å²) < 4.78 is 0. The van der Waals surface area contributed by atoms with Crippen molar-refractivity contribution in [3.8, 4) is 0 Å². The number of hydrogen-bond acceptors (Lipinski definition) is 1. The number of amides is 1. The smallest absolute Gasteiger partial charge is 0.254 e. The molecular weight excluding hydrogens is 392 g/mol. The minimum absolute atomic E-state index is 0.0452. The topological polar surface area (TPSA) is 36.1 Å². The molecule has 0 bridgehead atoms. The Balaban J connectivity index is 1.80. The first-order chi connectivity index (χ1) is 15.3. The van der Waals surface area contributed by atoms with Crippen molar-refractivity contribution in [1.82, 2.24) is 9.88 Å². The van der Waals surface area contributed by atoms with Crippen molar-refractivity contribution < 1.29 is 4.79 Å². The van der Waals surface area contributed by atoms with Gasteiger partial charge in [0, 0.05) is 34.8 Å². The highest BCUT2D eigenvalue weighted by atomic mass is 16.2. The molecule has 32 heavy (non-hydrogen) atoms. The molecule has 1 atom stereocenters. The van der Waals surface area contributed by atoms with Crippen molar-refractivity contribution in [2.24, 2.45) is 0 Å². The first kappa shape index (κ1) is 21.9. The summed E-state index contributed by atoms with van der Waals surface area (Å²) in [4.78, 5) is 19.1. The lowest BCUT2D eigenvalue weighted by atomic mass is 9.86. The molecule has 0 saturated carbocycles. The van der Waals surface area contributed by atoms with Crippen LogP contribution in [0.15, 0.2) is 79.0 Å². The predicted octanol–water partition coefficient (Wildman–Crippen LogP) is 7.03. The molecule has 1 amide bonds. The molecule has 0 aliphatic carbocycles. The van der Waals surface area contributed by atoms with Gasteiger partial charge >= 0.3 is 0 Å². The first-order valence-corrected chi connectivity index (χ1v) is 11.3. The predicted molar refractivity (Wildman–Crippen MR) is 133 cm³/mol. The van der Waals surface area contributed by atoms with Gasteiger partial charge in [0.25, 0.3) is 5.91 Å². The second kappa shape index (κ2) is 8.66. The van der Waals surface area contributed by atoms with Gasteiger partial charge in [0.05, 0.1) is 6.04 Å². The maximum absolute atomic E-state index is 13.8. The number of aryl methyl sites for hydroxylation is 1. The number of aromatic nitrogens is 1. The third kappa shape index (κ3) is 4.20. The maximum atomic E-state index is 13.8. The van der Waals surface area contributed by atoms with Gasteiger partial charge in [0.15, 0.2) is 0 Å². The van der Waals surface area contributed by atoms with E-state index in [1.54, 1.807) is 0 Å². The number of hydrogen-bond donors (Lipinski definition) is 1. The van der Waals surface area contributed by atoms with Crippen LogP contribution in [0.2, 0.25) is 0 Å². The van der Waals surface area contributed by atoms with Gasteiger partial charge in [-0.2, -0.15) is 0 Å². The number of benzene rings is 3. The van der Waals surface area contributed by atoms with Crippen LogP contribution in [0.25, 0.3) is 10.9 Å². The Bertz CT molecular complexity index is 1210. The largest absolute Gasteiger partial charge is 0.361 e. The fraction of sp³-hybridized carbons (Fsp3) is 0.276. The highest BCUT2D eigenvalue weighted by Crippen LogP contribution is 2.35. The average Bonchev–Trinajstić information content (AvgIpc) is 3.21. The van der Waals surface area contributed by atoms with Gasteiger partial charge in [0.2, 0.25) is 0 Å². The van der Waals surface area contributed by atoms with Crippen LogP contribution >= 0.6 is 0 Å². The molecule has 3 heteroatoms. The highest BCUT2D eigenvalue weighted by molar-refractivity contribution is 5.95. The van der Waals surface area contributed by atoms with E-state index in [4.69, 9.17) is 0 Å². The number of aromatic amines is 1. The van der Waals surface area contributed by atoms with E-state index in [2.05, 4.69) is 94.2 Å². The van der Waals surface area contributed by atoms with Crippen molar-refractivity contribution in [3.63, 3.8) is 0 Å². The van der Waals surface area contributed by atoms with E-state index in [1.807, 2.05) is 29.3 Å². The second-order valence-electron chi connectivity index (χ2n) is 9.52. The number of carbonyl (C=O) groups is 1. The van der Waals surface area contributed by atoms with E-state index in [9.17, 15) is 4.79 Å². The number of nitrogens with one attached hydrogen (secondary N) is 1. The summed E-state index contributed by atoms with van der Waals surface area (Å²) in [6.07, 6.45) is 2.05. The standard InChI is InChI=1S/C29H32N2O/c1-6-31(28(32)22-15-17-23(18-16-22)29(3,4)5)27(21-13-11-20(2)12-14-21)25-19-30-26-10-8-7-9-24(25)26/h7-19,27,30H,6H2,1-5H3. The lowest BCUT2D eigenvalue weighted by Crippen LogP contribution is -2.35. The number of nitrogens with zero attached hydrogens (tertiary/aromatic N) is 1. The van der Waals surface area contributed by atoms with Crippen molar-refractivity contribution in [1.29, 1.82) is 0 Å². The summed E-state index contributed by atoms with van der Waals surface area (Å²) >= 11 is 0. The zero-order valence-electron chi connectivity index (χ0n) is 19.6. The van der Waals surface area contributed by atoms with E-state index in [1.165, 1.54) is 11.1 Å². The lowest BCUT2D eigenvalue weighted by Gasteiger charge is -2.32. The molecule has 0 radical (unpaired) electrons. The van der Waals surface area contributed by atoms with Crippen LogP contribution in [0.4, 0.5) is 0 Å². The summed E-state index contributed by atoms with van der Waals surface area (Å²) in [5.41, 5.74) is 6.52. The van der Waals surface area contributed by atoms with Gasteiger partial charge in [-0.05, 0) is 48.6 Å². The normalized spacial score (nSPS) is 12.7. The fourth-order valence-electron chi connectivity index (χ4n) is 4.32. The molecule has 0 spiro atoms. The van der Waals surface area contributed by atoms with Gasteiger partial charge in [0.1, 0.15) is 0 Å². The molecule has 4 rings (SSSR count). The van der Waals surface area contributed by atoms with Crippen molar-refractivity contribution in [2.75, 3.05) is 6.54 Å². The molecule has 164 valence electrons. The Morgan fingerprint density at radius 3 is 2.22 bits per heavy atom. The summed E-state index contributed by atoms with van der Waals surface area (Å²) in [6, 6.07) is 24.7. The number of carbonyl (C=O) groups excluding carboxylic acids is 1. The Hall–Kier alpha value is -3.33. The molecule has 0 fully saturated rings. The van der Waals surface area contributed by atoms with Gasteiger partial charge < -0.3 is 9.88 Å². The fourth-order valence-corrected chi connectivity index (χ4v) is 4.32. The highest BCUT2D eigenvalue weighted by Gasteiger charge is 2.28. The molecule has 3 aromatic carbocycles. The molecule has 0 aliphatic heterocycles. The lowest BCUT2D eigenvalue weighted by molar-refractivity contribution is 0.0718. The Morgan fingerprint density at radius 1 is 0.938 bits per heavy atom. The number of para-hydroxylation sites is 1. The van der Waals surface area contributed by atoms with E-state index in [-0.39, 0.29) is 17.4 Å². The molecule has 0 saturated heterocycles. The molecule has 1 aromatic heterocycles. The minimum atomic E-state index is -0.174. The van der Waals surface area contributed by atoms with Crippen LogP contribution in [-0.4, -0.2) is 22.3 Å². The average molecular weight is 425 g/mol. The number of rotatable bonds is 5. The molecule has 1 unspecified atom stereocenters. The molecule has 0 aliphatic rings. The monoisotopic (exact) mass is 424 g/mol. The maximum Gasteiger partial charge on any atom is 0.254 e. The number of H-pyrrole nitrogens is 1. The third-order valence-corrected chi connectivity index (χ3v) is 6.22. The summed E-state index contributed by atoms with van der Waals surface area (Å²) in [6.45, 7) is 11.3. The van der Waals surface area contributed by atoms with Crippen LogP contribution in [0.5, 0.6) is 0 Å². The van der Waals surface area contributed by atoms with E-state index >= 15 is 0 Å². The molecule has 1 N–H and O–H groups in total. The second-order valence-corrected chi connectivity index (χ2v) is 9.52. The van der Waals surface area contributed by atoms with Crippen LogP contribution < -0.4 is 0 Å². The summed E-state index contributed by atoms with van der Waals surface area (Å²) in [7, 11) is 0. The molecule has 3 nitrogen and oxygen atoms in total. The summed E-state index contributed by atoms with van der Waals surface area (Å²) in [5, 5.41) is 1.15.